The van der Waals surface area contributed by atoms with Crippen molar-refractivity contribution >= 4 is 70.1 Å². The van der Waals surface area contributed by atoms with Gasteiger partial charge in [0.15, 0.2) is 0 Å². The molecule has 0 saturated heterocycles. The molecule has 0 aliphatic rings. The molecular formula is C40H58N6O10. The summed E-state index contributed by atoms with van der Waals surface area (Å²) in [5.74, 6) is -6.91. The Bertz CT molecular complexity index is 1650. The first-order valence-corrected chi connectivity index (χ1v) is 19.0. The molecule has 308 valence electrons. The maximum Gasteiger partial charge on any atom is 0.396 e. The van der Waals surface area contributed by atoms with Crippen LogP contribution in [0.1, 0.15) is 102 Å². The standard InChI is InChI=1S/C27H44N4O4.C13H14N2O6/c1-4-6-8-10-12-14-18-28-24(32)26(34)30-22-17-16-21(3)23(20-22)31-27(35)25(33)29-19-15-13-11-9-7-5-2;1-7-4-5-8(14-10(16)12(18)20-2)6-9(7)15-11(17)13(19)21-3/h16-17,20H,4-15,18-19H2,1-3H3,(H,28,32)(H,29,33)(H,30,34)(H,31,35);4-6H,1-3H3,(H,14,16)(H,15,17). The summed E-state index contributed by atoms with van der Waals surface area (Å²) in [6, 6.07) is 9.41. The number of carbonyl (C=O) groups is 8. The smallest absolute Gasteiger partial charge is 0.396 e. The molecule has 0 saturated carbocycles. The predicted octanol–water partition coefficient (Wildman–Crippen LogP) is 5.04. The van der Waals surface area contributed by atoms with E-state index in [0.29, 0.717) is 35.7 Å². The second-order valence-corrected chi connectivity index (χ2v) is 12.9. The summed E-state index contributed by atoms with van der Waals surface area (Å²) in [6.07, 6.45) is 13.2. The third kappa shape index (κ3) is 19.5. The highest BCUT2D eigenvalue weighted by molar-refractivity contribution is 6.41. The van der Waals surface area contributed by atoms with Crippen LogP contribution in [0.15, 0.2) is 36.4 Å². The number of amides is 6. The SMILES string of the molecule is CCCCCCCCNC(=O)C(=O)Nc1ccc(C)c(NC(=O)C(=O)NCCCCCCCC)c1.COC(=O)C(=O)Nc1ccc(C)c(NC(=O)C(=O)OC)c1. The first kappa shape index (κ1) is 48.2. The number of rotatable bonds is 18. The molecule has 16 nitrogen and oxygen atoms in total. The van der Waals surface area contributed by atoms with Crippen LogP contribution >= 0.6 is 0 Å². The Kier molecular flexibility index (Phi) is 23.9. The number of nitrogens with one attached hydrogen (secondary N) is 6. The van der Waals surface area contributed by atoms with Crippen molar-refractivity contribution in [1.29, 1.82) is 0 Å². The topological polar surface area (TPSA) is 227 Å². The van der Waals surface area contributed by atoms with E-state index < -0.39 is 47.4 Å². The zero-order chi connectivity index (χ0) is 41.9. The molecule has 0 radical (unpaired) electrons. The summed E-state index contributed by atoms with van der Waals surface area (Å²) in [5, 5.41) is 15.0. The number of anilines is 4. The van der Waals surface area contributed by atoms with Crippen LogP contribution in [0, 0.1) is 13.8 Å². The molecule has 0 atom stereocenters. The van der Waals surface area contributed by atoms with Crippen LogP contribution in [0.2, 0.25) is 0 Å². The van der Waals surface area contributed by atoms with Gasteiger partial charge in [0, 0.05) is 35.8 Å². The number of hydrogen-bond acceptors (Lipinski definition) is 10. The van der Waals surface area contributed by atoms with Crippen molar-refractivity contribution in [3.05, 3.63) is 47.5 Å². The number of carbonyl (C=O) groups excluding carboxylic acids is 8. The summed E-state index contributed by atoms with van der Waals surface area (Å²) < 4.78 is 8.55. The molecule has 16 heteroatoms. The summed E-state index contributed by atoms with van der Waals surface area (Å²) in [6.45, 7) is 8.72. The Labute approximate surface area is 329 Å². The summed E-state index contributed by atoms with van der Waals surface area (Å²) in [4.78, 5) is 93.5. The second-order valence-electron chi connectivity index (χ2n) is 12.9. The van der Waals surface area contributed by atoms with E-state index in [1.165, 1.54) is 56.7 Å². The van der Waals surface area contributed by atoms with Gasteiger partial charge in [0.25, 0.3) is 0 Å². The van der Waals surface area contributed by atoms with Crippen LogP contribution in [0.4, 0.5) is 22.7 Å². The van der Waals surface area contributed by atoms with Gasteiger partial charge in [-0.2, -0.15) is 0 Å². The van der Waals surface area contributed by atoms with Gasteiger partial charge in [0.2, 0.25) is 0 Å². The minimum Gasteiger partial charge on any atom is -0.462 e. The van der Waals surface area contributed by atoms with E-state index in [2.05, 4.69) is 55.2 Å². The van der Waals surface area contributed by atoms with Crippen LogP contribution in [0.5, 0.6) is 0 Å². The molecule has 2 aromatic rings. The first-order valence-electron chi connectivity index (χ1n) is 19.0. The van der Waals surface area contributed by atoms with Crippen molar-refractivity contribution in [3.63, 3.8) is 0 Å². The van der Waals surface area contributed by atoms with Gasteiger partial charge in [-0.3, -0.25) is 28.8 Å². The molecule has 6 N–H and O–H groups in total. The molecule has 56 heavy (non-hydrogen) atoms. The Morgan fingerprint density at radius 3 is 1.20 bits per heavy atom. The Morgan fingerprint density at radius 1 is 0.446 bits per heavy atom. The van der Waals surface area contributed by atoms with Crippen molar-refractivity contribution < 1.29 is 47.8 Å². The zero-order valence-corrected chi connectivity index (χ0v) is 33.4. The Hall–Kier alpha value is -5.80. The van der Waals surface area contributed by atoms with Gasteiger partial charge in [-0.1, -0.05) is 90.2 Å². The summed E-state index contributed by atoms with van der Waals surface area (Å²) >= 11 is 0. The molecule has 2 aromatic carbocycles. The summed E-state index contributed by atoms with van der Waals surface area (Å²) in [7, 11) is 2.17. The van der Waals surface area contributed by atoms with E-state index in [1.54, 1.807) is 32.0 Å². The van der Waals surface area contributed by atoms with Gasteiger partial charge in [-0.25, -0.2) is 9.59 Å². The van der Waals surface area contributed by atoms with Crippen molar-refractivity contribution in [2.75, 3.05) is 48.6 Å². The fourth-order valence-electron chi connectivity index (χ4n) is 4.95. The number of ether oxygens (including phenoxy) is 2. The third-order valence-corrected chi connectivity index (χ3v) is 8.27. The van der Waals surface area contributed by atoms with E-state index >= 15 is 0 Å². The van der Waals surface area contributed by atoms with Crippen LogP contribution in [0.25, 0.3) is 0 Å². The summed E-state index contributed by atoms with van der Waals surface area (Å²) in [5.41, 5.74) is 2.70. The van der Waals surface area contributed by atoms with Crippen LogP contribution in [-0.2, 0) is 47.8 Å². The molecule has 0 heterocycles. The molecular weight excluding hydrogens is 724 g/mol. The average molecular weight is 783 g/mol. The fourth-order valence-corrected chi connectivity index (χ4v) is 4.95. The van der Waals surface area contributed by atoms with Gasteiger partial charge < -0.3 is 41.4 Å². The Morgan fingerprint density at radius 2 is 0.786 bits per heavy atom. The minimum absolute atomic E-state index is 0.260. The highest BCUT2D eigenvalue weighted by Crippen LogP contribution is 2.21. The lowest BCUT2D eigenvalue weighted by Gasteiger charge is -2.12. The van der Waals surface area contributed by atoms with E-state index in [-0.39, 0.29) is 5.69 Å². The quantitative estimate of drug-likeness (QED) is 0.0671. The van der Waals surface area contributed by atoms with Crippen LogP contribution < -0.4 is 31.9 Å². The van der Waals surface area contributed by atoms with Crippen molar-refractivity contribution in [2.45, 2.75) is 105 Å². The molecule has 0 fully saturated rings. The number of aryl methyl sites for hydroxylation is 2. The lowest BCUT2D eigenvalue weighted by molar-refractivity contribution is -0.150. The average Bonchev–Trinajstić information content (AvgIpc) is 3.18. The Balaban J connectivity index is 0.000000635. The number of esters is 2. The second kappa shape index (κ2) is 27.7. The fraction of sp³-hybridized carbons (Fsp3) is 0.500. The van der Waals surface area contributed by atoms with Crippen LogP contribution in [0.3, 0.4) is 0 Å². The maximum atomic E-state index is 12.3. The first-order chi connectivity index (χ1) is 26.8. The van der Waals surface area contributed by atoms with Crippen LogP contribution in [-0.4, -0.2) is 74.7 Å². The van der Waals surface area contributed by atoms with E-state index in [4.69, 9.17) is 0 Å². The monoisotopic (exact) mass is 782 g/mol. The molecule has 6 amide bonds. The normalized spacial score (nSPS) is 10.1. The number of unbranched alkanes of at least 4 members (excludes halogenated alkanes) is 10. The van der Waals surface area contributed by atoms with Gasteiger partial charge >= 0.3 is 47.4 Å². The molecule has 0 spiro atoms. The van der Waals surface area contributed by atoms with Crippen molar-refractivity contribution in [3.8, 4) is 0 Å². The molecule has 0 unspecified atom stereocenters. The maximum absolute atomic E-state index is 12.3. The minimum atomic E-state index is -1.05. The largest absolute Gasteiger partial charge is 0.462 e. The van der Waals surface area contributed by atoms with E-state index in [9.17, 15) is 38.4 Å². The molecule has 2 rings (SSSR count). The van der Waals surface area contributed by atoms with E-state index in [1.807, 2.05) is 0 Å². The van der Waals surface area contributed by atoms with Gasteiger partial charge in [-0.15, -0.1) is 0 Å². The van der Waals surface area contributed by atoms with Crippen molar-refractivity contribution in [1.82, 2.24) is 10.6 Å². The number of methoxy groups -OCH3 is 2. The number of benzene rings is 2. The molecule has 0 aromatic heterocycles. The van der Waals surface area contributed by atoms with Gasteiger partial charge in [-0.05, 0) is 62.1 Å². The third-order valence-electron chi connectivity index (χ3n) is 8.27. The molecule has 0 aliphatic carbocycles. The molecule has 0 bridgehead atoms. The lowest BCUT2D eigenvalue weighted by atomic mass is 10.1. The number of hydrogen-bond donors (Lipinski definition) is 6. The highest BCUT2D eigenvalue weighted by Gasteiger charge is 2.18. The van der Waals surface area contributed by atoms with Gasteiger partial charge in [0.1, 0.15) is 0 Å². The van der Waals surface area contributed by atoms with Crippen molar-refractivity contribution in [2.24, 2.45) is 0 Å². The van der Waals surface area contributed by atoms with E-state index in [0.717, 1.165) is 58.3 Å². The zero-order valence-electron chi connectivity index (χ0n) is 33.4. The lowest BCUT2D eigenvalue weighted by Crippen LogP contribution is -2.36. The predicted molar refractivity (Wildman–Crippen MR) is 214 cm³/mol. The van der Waals surface area contributed by atoms with Gasteiger partial charge in [0.05, 0.1) is 14.2 Å². The highest BCUT2D eigenvalue weighted by atomic mass is 16.5. The molecule has 0 aliphatic heterocycles.